The van der Waals surface area contributed by atoms with E-state index in [1.165, 1.54) is 12.1 Å². The SMILES string of the molecule is N/C(=N/O)c1ccc(Oc2ccccc2[N+](=O)[O-])c(Br)c1. The fourth-order valence-electron chi connectivity index (χ4n) is 1.61. The summed E-state index contributed by atoms with van der Waals surface area (Å²) in [5, 5.41) is 22.4. The van der Waals surface area contributed by atoms with E-state index in [-0.39, 0.29) is 17.3 Å². The van der Waals surface area contributed by atoms with Crippen LogP contribution in [0.3, 0.4) is 0 Å². The summed E-state index contributed by atoms with van der Waals surface area (Å²) in [6.07, 6.45) is 0. The van der Waals surface area contributed by atoms with Crippen molar-refractivity contribution in [2.45, 2.75) is 0 Å². The third-order valence-electron chi connectivity index (χ3n) is 2.62. The molecule has 0 fully saturated rings. The fourth-order valence-corrected chi connectivity index (χ4v) is 2.07. The average molecular weight is 352 g/mol. The van der Waals surface area contributed by atoms with Crippen molar-refractivity contribution in [1.29, 1.82) is 0 Å². The quantitative estimate of drug-likeness (QED) is 0.288. The van der Waals surface area contributed by atoms with Gasteiger partial charge in [-0.2, -0.15) is 0 Å². The molecule has 0 aliphatic carbocycles. The molecule has 3 N–H and O–H groups in total. The van der Waals surface area contributed by atoms with E-state index in [0.717, 1.165) is 0 Å². The molecule has 0 unspecified atom stereocenters. The van der Waals surface area contributed by atoms with Crippen LogP contribution in [0.4, 0.5) is 5.69 Å². The molecular formula is C13H10BrN3O4. The van der Waals surface area contributed by atoms with Gasteiger partial charge in [-0.3, -0.25) is 10.1 Å². The zero-order valence-electron chi connectivity index (χ0n) is 10.6. The molecular weight excluding hydrogens is 342 g/mol. The Morgan fingerprint density at radius 3 is 2.62 bits per heavy atom. The van der Waals surface area contributed by atoms with Crippen LogP contribution in [-0.2, 0) is 0 Å². The lowest BCUT2D eigenvalue weighted by molar-refractivity contribution is -0.385. The Hall–Kier alpha value is -2.61. The molecule has 0 saturated carbocycles. The number of hydrogen-bond acceptors (Lipinski definition) is 5. The zero-order valence-corrected chi connectivity index (χ0v) is 12.1. The third kappa shape index (κ3) is 3.29. The molecule has 0 saturated heterocycles. The average Bonchev–Trinajstić information content (AvgIpc) is 2.48. The highest BCUT2D eigenvalue weighted by Gasteiger charge is 2.16. The lowest BCUT2D eigenvalue weighted by Crippen LogP contribution is -2.12. The lowest BCUT2D eigenvalue weighted by Gasteiger charge is -2.09. The highest BCUT2D eigenvalue weighted by Crippen LogP contribution is 2.35. The van der Waals surface area contributed by atoms with Gasteiger partial charge in [0.05, 0.1) is 9.40 Å². The zero-order chi connectivity index (χ0) is 15.4. The van der Waals surface area contributed by atoms with Crippen molar-refractivity contribution in [1.82, 2.24) is 0 Å². The Morgan fingerprint density at radius 2 is 2.00 bits per heavy atom. The molecule has 108 valence electrons. The number of amidine groups is 1. The van der Waals surface area contributed by atoms with Crippen molar-refractivity contribution < 1.29 is 14.9 Å². The molecule has 0 aromatic heterocycles. The van der Waals surface area contributed by atoms with Crippen molar-refractivity contribution in [2.24, 2.45) is 10.9 Å². The van der Waals surface area contributed by atoms with Gasteiger partial charge < -0.3 is 15.7 Å². The Balaban J connectivity index is 2.35. The number of nitrogens with two attached hydrogens (primary N) is 1. The molecule has 2 rings (SSSR count). The van der Waals surface area contributed by atoms with E-state index in [0.29, 0.717) is 15.8 Å². The first-order valence-electron chi connectivity index (χ1n) is 5.71. The highest BCUT2D eigenvalue weighted by molar-refractivity contribution is 9.10. The van der Waals surface area contributed by atoms with E-state index in [1.54, 1.807) is 30.3 Å². The minimum absolute atomic E-state index is 0.0482. The summed E-state index contributed by atoms with van der Waals surface area (Å²) < 4.78 is 6.06. The van der Waals surface area contributed by atoms with E-state index < -0.39 is 4.92 Å². The summed E-state index contributed by atoms with van der Waals surface area (Å²) in [5.41, 5.74) is 5.83. The monoisotopic (exact) mass is 351 g/mol. The van der Waals surface area contributed by atoms with Crippen molar-refractivity contribution in [3.8, 4) is 11.5 Å². The van der Waals surface area contributed by atoms with Gasteiger partial charge in [0, 0.05) is 11.6 Å². The molecule has 0 heterocycles. The number of nitro benzene ring substituents is 1. The highest BCUT2D eigenvalue weighted by atomic mass is 79.9. The number of ether oxygens (including phenoxy) is 1. The molecule has 2 aromatic carbocycles. The molecule has 2 aromatic rings. The van der Waals surface area contributed by atoms with Crippen LogP contribution >= 0.6 is 15.9 Å². The number of halogens is 1. The fraction of sp³-hybridized carbons (Fsp3) is 0. The van der Waals surface area contributed by atoms with Crippen LogP contribution in [0, 0.1) is 10.1 Å². The Kier molecular flexibility index (Phi) is 4.39. The Bertz CT molecular complexity index is 718. The minimum Gasteiger partial charge on any atom is -0.449 e. The number of oxime groups is 1. The van der Waals surface area contributed by atoms with Crippen LogP contribution in [0.5, 0.6) is 11.5 Å². The van der Waals surface area contributed by atoms with Gasteiger partial charge >= 0.3 is 5.69 Å². The Labute approximate surface area is 127 Å². The Morgan fingerprint density at radius 1 is 1.29 bits per heavy atom. The summed E-state index contributed by atoms with van der Waals surface area (Å²) in [7, 11) is 0. The van der Waals surface area contributed by atoms with Crippen LogP contribution in [-0.4, -0.2) is 16.0 Å². The van der Waals surface area contributed by atoms with Gasteiger partial charge in [0.15, 0.2) is 5.84 Å². The lowest BCUT2D eigenvalue weighted by atomic mass is 10.2. The van der Waals surface area contributed by atoms with Gasteiger partial charge in [0.25, 0.3) is 0 Å². The smallest absolute Gasteiger partial charge is 0.311 e. The molecule has 21 heavy (non-hydrogen) atoms. The predicted molar refractivity (Wildman–Crippen MR) is 79.8 cm³/mol. The molecule has 8 heteroatoms. The van der Waals surface area contributed by atoms with E-state index in [4.69, 9.17) is 15.7 Å². The molecule has 7 nitrogen and oxygen atoms in total. The molecule has 0 radical (unpaired) electrons. The number of nitro groups is 1. The maximum absolute atomic E-state index is 10.9. The minimum atomic E-state index is -0.520. The summed E-state index contributed by atoms with van der Waals surface area (Å²) in [4.78, 5) is 10.4. The molecule has 0 spiro atoms. The maximum atomic E-state index is 10.9. The number of nitrogens with zero attached hydrogens (tertiary/aromatic N) is 2. The predicted octanol–water partition coefficient (Wildman–Crippen LogP) is 3.24. The second-order valence-electron chi connectivity index (χ2n) is 3.96. The van der Waals surface area contributed by atoms with E-state index in [2.05, 4.69) is 21.1 Å². The van der Waals surface area contributed by atoms with Gasteiger partial charge in [-0.1, -0.05) is 17.3 Å². The molecule has 0 bridgehead atoms. The van der Waals surface area contributed by atoms with E-state index in [9.17, 15) is 10.1 Å². The molecule has 0 aliphatic rings. The van der Waals surface area contributed by atoms with Gasteiger partial charge in [0.2, 0.25) is 5.75 Å². The maximum Gasteiger partial charge on any atom is 0.311 e. The van der Waals surface area contributed by atoms with Crippen LogP contribution in [0.2, 0.25) is 0 Å². The second-order valence-corrected chi connectivity index (χ2v) is 4.81. The van der Waals surface area contributed by atoms with Crippen LogP contribution < -0.4 is 10.5 Å². The molecule has 0 atom stereocenters. The summed E-state index contributed by atoms with van der Waals surface area (Å²) in [6, 6.07) is 10.8. The first-order chi connectivity index (χ1) is 10.0. The second kappa shape index (κ2) is 6.23. The largest absolute Gasteiger partial charge is 0.449 e. The third-order valence-corrected chi connectivity index (χ3v) is 3.24. The van der Waals surface area contributed by atoms with Gasteiger partial charge in [0.1, 0.15) is 5.75 Å². The number of rotatable bonds is 4. The first-order valence-corrected chi connectivity index (χ1v) is 6.51. The van der Waals surface area contributed by atoms with Gasteiger partial charge in [-0.15, -0.1) is 0 Å². The number of para-hydroxylation sites is 2. The van der Waals surface area contributed by atoms with Gasteiger partial charge in [-0.05, 0) is 40.2 Å². The van der Waals surface area contributed by atoms with Crippen LogP contribution in [0.15, 0.2) is 52.1 Å². The van der Waals surface area contributed by atoms with Crippen molar-refractivity contribution in [3.63, 3.8) is 0 Å². The molecule has 0 amide bonds. The summed E-state index contributed by atoms with van der Waals surface area (Å²) >= 11 is 3.28. The topological polar surface area (TPSA) is 111 Å². The first kappa shape index (κ1) is 14.8. The van der Waals surface area contributed by atoms with Crippen molar-refractivity contribution in [3.05, 3.63) is 62.6 Å². The normalized spacial score (nSPS) is 11.2. The number of hydrogen-bond donors (Lipinski definition) is 2. The van der Waals surface area contributed by atoms with Crippen LogP contribution in [0.1, 0.15) is 5.56 Å². The van der Waals surface area contributed by atoms with Crippen LogP contribution in [0.25, 0.3) is 0 Å². The summed E-state index contributed by atoms with van der Waals surface area (Å²) in [6.45, 7) is 0. The van der Waals surface area contributed by atoms with Crippen molar-refractivity contribution in [2.75, 3.05) is 0 Å². The van der Waals surface area contributed by atoms with E-state index in [1.807, 2.05) is 0 Å². The molecule has 0 aliphatic heterocycles. The summed E-state index contributed by atoms with van der Waals surface area (Å²) in [5.74, 6) is 0.450. The number of benzene rings is 2. The van der Waals surface area contributed by atoms with Gasteiger partial charge in [-0.25, -0.2) is 0 Å². The van der Waals surface area contributed by atoms with E-state index >= 15 is 0 Å². The standard InChI is InChI=1S/C13H10BrN3O4/c14-9-7-8(13(15)16-18)5-6-11(9)21-12-4-2-1-3-10(12)17(19)20/h1-7,18H,(H2,15,16). The van der Waals surface area contributed by atoms with Crippen molar-refractivity contribution >= 4 is 27.5 Å².